The van der Waals surface area contributed by atoms with E-state index in [1.807, 2.05) is 24.3 Å². The number of aliphatic hydroxyl groups excluding tert-OH is 1. The van der Waals surface area contributed by atoms with Crippen molar-refractivity contribution >= 4 is 5.97 Å². The van der Waals surface area contributed by atoms with Crippen LogP contribution in [0.2, 0.25) is 0 Å². The smallest absolute Gasteiger partial charge is 0.336 e. The number of hydrogen-bond donors (Lipinski definition) is 3. The van der Waals surface area contributed by atoms with E-state index < -0.39 is 5.97 Å². The number of benzene rings is 2. The molecule has 4 rings (SSSR count). The minimum Gasteiger partial charge on any atom is -0.478 e. The zero-order valence-corrected chi connectivity index (χ0v) is 16.2. The van der Waals surface area contributed by atoms with Gasteiger partial charge in [-0.05, 0) is 41.8 Å². The molecule has 1 saturated heterocycles. The molecule has 6 heteroatoms. The number of likely N-dealkylation sites (tertiary alicyclic amines) is 1. The summed E-state index contributed by atoms with van der Waals surface area (Å²) in [5.41, 5.74) is 5.26. The molecular formula is C23H25N3O3. The number of nitrogens with zero attached hydrogens (tertiary/aromatic N) is 2. The molecule has 0 bridgehead atoms. The number of aromatic amines is 1. The first-order chi connectivity index (χ1) is 14.1. The van der Waals surface area contributed by atoms with Gasteiger partial charge in [-0.15, -0.1) is 0 Å². The van der Waals surface area contributed by atoms with Crippen molar-refractivity contribution in [2.24, 2.45) is 0 Å². The highest BCUT2D eigenvalue weighted by molar-refractivity contribution is 5.95. The summed E-state index contributed by atoms with van der Waals surface area (Å²) >= 11 is 0. The second-order valence-electron chi connectivity index (χ2n) is 7.56. The summed E-state index contributed by atoms with van der Waals surface area (Å²) in [5, 5.41) is 25.9. The Morgan fingerprint density at radius 3 is 2.72 bits per heavy atom. The van der Waals surface area contributed by atoms with Crippen LogP contribution in [0, 0.1) is 0 Å². The summed E-state index contributed by atoms with van der Waals surface area (Å²) < 4.78 is 0. The van der Waals surface area contributed by atoms with Gasteiger partial charge >= 0.3 is 5.97 Å². The Bertz CT molecular complexity index is 981. The van der Waals surface area contributed by atoms with E-state index >= 15 is 0 Å². The Balaban J connectivity index is 1.40. The molecule has 0 radical (unpaired) electrons. The molecule has 29 heavy (non-hydrogen) atoms. The summed E-state index contributed by atoms with van der Waals surface area (Å²) in [4.78, 5) is 13.9. The highest BCUT2D eigenvalue weighted by Gasteiger charge is 2.25. The van der Waals surface area contributed by atoms with Crippen molar-refractivity contribution in [3.8, 4) is 11.1 Å². The molecule has 2 heterocycles. The third-order valence-corrected chi connectivity index (χ3v) is 5.55. The fourth-order valence-electron chi connectivity index (χ4n) is 4.02. The van der Waals surface area contributed by atoms with Gasteiger partial charge < -0.3 is 10.2 Å². The van der Waals surface area contributed by atoms with Crippen LogP contribution in [0.1, 0.15) is 39.6 Å². The van der Waals surface area contributed by atoms with Crippen molar-refractivity contribution in [1.29, 1.82) is 0 Å². The van der Waals surface area contributed by atoms with E-state index in [9.17, 15) is 9.90 Å². The molecule has 6 nitrogen and oxygen atoms in total. The maximum atomic E-state index is 11.5. The Morgan fingerprint density at radius 1 is 1.17 bits per heavy atom. The molecule has 1 aliphatic heterocycles. The number of aromatic nitrogens is 2. The van der Waals surface area contributed by atoms with Crippen LogP contribution in [-0.4, -0.2) is 51.0 Å². The molecule has 0 aliphatic carbocycles. The largest absolute Gasteiger partial charge is 0.478 e. The molecule has 0 saturated carbocycles. The van der Waals surface area contributed by atoms with Crippen molar-refractivity contribution in [3.63, 3.8) is 0 Å². The van der Waals surface area contributed by atoms with E-state index in [0.717, 1.165) is 48.6 Å². The van der Waals surface area contributed by atoms with Gasteiger partial charge in [-0.25, -0.2) is 4.79 Å². The molecule has 1 aromatic heterocycles. The number of nitrogens with one attached hydrogen (secondary N) is 1. The molecule has 3 aromatic rings. The minimum absolute atomic E-state index is 0.130. The summed E-state index contributed by atoms with van der Waals surface area (Å²) in [6.45, 7) is 2.99. The maximum absolute atomic E-state index is 11.5. The number of rotatable bonds is 7. The number of carbonyl (C=O) groups is 1. The van der Waals surface area contributed by atoms with Gasteiger partial charge in [0, 0.05) is 37.7 Å². The molecule has 1 fully saturated rings. The topological polar surface area (TPSA) is 89.5 Å². The zero-order valence-electron chi connectivity index (χ0n) is 16.2. The van der Waals surface area contributed by atoms with Crippen LogP contribution >= 0.6 is 0 Å². The first-order valence-electron chi connectivity index (χ1n) is 9.93. The Kier molecular flexibility index (Phi) is 5.74. The molecule has 3 N–H and O–H groups in total. The van der Waals surface area contributed by atoms with Gasteiger partial charge in [0.2, 0.25) is 0 Å². The van der Waals surface area contributed by atoms with Crippen LogP contribution < -0.4 is 0 Å². The van der Waals surface area contributed by atoms with Crippen molar-refractivity contribution in [2.45, 2.75) is 25.3 Å². The maximum Gasteiger partial charge on any atom is 0.336 e. The lowest BCUT2D eigenvalue weighted by Crippen LogP contribution is -2.19. The molecule has 0 amide bonds. The van der Waals surface area contributed by atoms with E-state index in [-0.39, 0.29) is 6.61 Å². The van der Waals surface area contributed by atoms with Gasteiger partial charge in [0.05, 0.1) is 11.3 Å². The van der Waals surface area contributed by atoms with Gasteiger partial charge in [0.25, 0.3) is 0 Å². The molecule has 0 spiro atoms. The highest BCUT2D eigenvalue weighted by atomic mass is 16.4. The predicted molar refractivity (Wildman–Crippen MR) is 111 cm³/mol. The van der Waals surface area contributed by atoms with Crippen molar-refractivity contribution in [3.05, 3.63) is 77.1 Å². The fourth-order valence-corrected chi connectivity index (χ4v) is 4.02. The lowest BCUT2D eigenvalue weighted by Gasteiger charge is -2.16. The summed E-state index contributed by atoms with van der Waals surface area (Å²) in [6, 6.07) is 17.3. The van der Waals surface area contributed by atoms with Crippen LogP contribution in [0.3, 0.4) is 0 Å². The van der Waals surface area contributed by atoms with Crippen LogP contribution in [0.25, 0.3) is 11.1 Å². The lowest BCUT2D eigenvalue weighted by molar-refractivity contribution is 0.0697. The minimum atomic E-state index is -0.909. The lowest BCUT2D eigenvalue weighted by atomic mass is 9.98. The fraction of sp³-hybridized carbons (Fsp3) is 0.304. The molecule has 2 aromatic carbocycles. The average molecular weight is 391 g/mol. The quantitative estimate of drug-likeness (QED) is 0.575. The monoisotopic (exact) mass is 391 g/mol. The van der Waals surface area contributed by atoms with E-state index in [4.69, 9.17) is 5.11 Å². The van der Waals surface area contributed by atoms with Crippen molar-refractivity contribution in [2.75, 3.05) is 19.7 Å². The van der Waals surface area contributed by atoms with Gasteiger partial charge in [-0.2, -0.15) is 5.10 Å². The van der Waals surface area contributed by atoms with E-state index in [1.165, 1.54) is 5.56 Å². The van der Waals surface area contributed by atoms with Gasteiger partial charge in [-0.1, -0.05) is 42.5 Å². The zero-order chi connectivity index (χ0) is 20.2. The SMILES string of the molecule is O=C(O)c1ccccc1-c1ccc(CN2CCC(c3cc(CCO)[nH]n3)C2)cc1. The van der Waals surface area contributed by atoms with Crippen molar-refractivity contribution in [1.82, 2.24) is 15.1 Å². The Morgan fingerprint density at radius 2 is 1.97 bits per heavy atom. The predicted octanol–water partition coefficient (Wildman–Crippen LogP) is 3.30. The first kappa shape index (κ1) is 19.4. The summed E-state index contributed by atoms with van der Waals surface area (Å²) in [7, 11) is 0. The van der Waals surface area contributed by atoms with Crippen LogP contribution in [-0.2, 0) is 13.0 Å². The van der Waals surface area contributed by atoms with Gasteiger partial charge in [0.1, 0.15) is 0 Å². The van der Waals surface area contributed by atoms with Crippen LogP contribution in [0.5, 0.6) is 0 Å². The Hall–Kier alpha value is -2.96. The number of carboxylic acid groups (broad SMARTS) is 1. The third kappa shape index (κ3) is 4.39. The van der Waals surface area contributed by atoms with Gasteiger partial charge in [0.15, 0.2) is 0 Å². The second kappa shape index (κ2) is 8.59. The molecule has 1 atom stereocenters. The molecule has 150 valence electrons. The van der Waals surface area contributed by atoms with E-state index in [1.54, 1.807) is 12.1 Å². The Labute approximate surface area is 169 Å². The van der Waals surface area contributed by atoms with Crippen LogP contribution in [0.15, 0.2) is 54.6 Å². The molecular weight excluding hydrogens is 366 g/mol. The first-order valence-corrected chi connectivity index (χ1v) is 9.93. The van der Waals surface area contributed by atoms with Crippen LogP contribution in [0.4, 0.5) is 0 Å². The number of H-pyrrole nitrogens is 1. The van der Waals surface area contributed by atoms with Crippen molar-refractivity contribution < 1.29 is 15.0 Å². The summed E-state index contributed by atoms with van der Waals surface area (Å²) in [6.07, 6.45) is 1.69. The molecule has 1 aliphatic rings. The highest BCUT2D eigenvalue weighted by Crippen LogP contribution is 2.28. The average Bonchev–Trinajstić information content (AvgIpc) is 3.38. The van der Waals surface area contributed by atoms with Gasteiger partial charge in [-0.3, -0.25) is 10.00 Å². The second-order valence-corrected chi connectivity index (χ2v) is 7.56. The number of aliphatic hydroxyl groups is 1. The third-order valence-electron chi connectivity index (χ3n) is 5.55. The van der Waals surface area contributed by atoms with E-state index in [0.29, 0.717) is 17.9 Å². The van der Waals surface area contributed by atoms with E-state index in [2.05, 4.69) is 33.3 Å². The molecule has 1 unspecified atom stereocenters. The number of hydrogen-bond acceptors (Lipinski definition) is 4. The summed E-state index contributed by atoms with van der Waals surface area (Å²) in [5.74, 6) is -0.492. The normalized spacial score (nSPS) is 16.9. The number of carboxylic acids is 1. The standard InChI is InChI=1S/C23H25N3O3/c27-12-10-19-13-22(25-24-19)18-9-11-26(15-18)14-16-5-7-17(8-6-16)20-3-1-2-4-21(20)23(28)29/h1-8,13,18,27H,9-12,14-15H2,(H,24,25)(H,28,29). The number of aromatic carboxylic acids is 1.